The zero-order chi connectivity index (χ0) is 13.1. The number of rotatable bonds is 5. The predicted octanol–water partition coefficient (Wildman–Crippen LogP) is 1.82. The fourth-order valence-electron chi connectivity index (χ4n) is 1.64. The number of hydrogen-bond donors (Lipinski definition) is 2. The number of nitrogens with zero attached hydrogens (tertiary/aromatic N) is 5. The van der Waals surface area contributed by atoms with Crippen LogP contribution in [0.1, 0.15) is 13.3 Å². The maximum Gasteiger partial charge on any atom is 0.189 e. The molecule has 3 rings (SSSR count). The third-order valence-corrected chi connectivity index (χ3v) is 3.34. The van der Waals surface area contributed by atoms with Gasteiger partial charge in [-0.3, -0.25) is 5.10 Å². The number of aromatic amines is 1. The van der Waals surface area contributed by atoms with E-state index in [4.69, 9.17) is 0 Å². The van der Waals surface area contributed by atoms with Gasteiger partial charge in [-0.15, -0.1) is 0 Å². The average molecular weight is 275 g/mol. The van der Waals surface area contributed by atoms with Gasteiger partial charge in [0.1, 0.15) is 17.2 Å². The maximum atomic E-state index is 4.57. The van der Waals surface area contributed by atoms with E-state index in [1.165, 1.54) is 18.1 Å². The molecule has 0 aliphatic carbocycles. The second kappa shape index (κ2) is 5.27. The molecule has 2 N–H and O–H groups in total. The molecule has 0 unspecified atom stereocenters. The molecule has 0 radical (unpaired) electrons. The minimum atomic E-state index is 0.699. The lowest BCUT2D eigenvalue weighted by Gasteiger charge is -2.07. The van der Waals surface area contributed by atoms with Crippen LogP contribution < -0.4 is 5.32 Å². The number of H-pyrrole nitrogens is 1. The molecular formula is C11H13N7S. The zero-order valence-corrected chi connectivity index (χ0v) is 11.2. The normalized spacial score (nSPS) is 11.0. The van der Waals surface area contributed by atoms with Gasteiger partial charge in [-0.25, -0.2) is 15.0 Å². The van der Waals surface area contributed by atoms with Crippen molar-refractivity contribution in [3.63, 3.8) is 0 Å². The molecule has 3 aromatic heterocycles. The number of aromatic nitrogens is 6. The summed E-state index contributed by atoms with van der Waals surface area (Å²) in [6.45, 7) is 3.01. The highest BCUT2D eigenvalue weighted by Gasteiger charge is 2.10. The van der Waals surface area contributed by atoms with Gasteiger partial charge in [-0.05, 0) is 18.2 Å². The lowest BCUT2D eigenvalue weighted by molar-refractivity contribution is 0.937. The van der Waals surface area contributed by atoms with E-state index in [2.05, 4.69) is 37.4 Å². The number of fused-ring (bicyclic) bond motifs is 1. The van der Waals surface area contributed by atoms with Crippen LogP contribution in [0.5, 0.6) is 0 Å². The minimum absolute atomic E-state index is 0.699. The summed E-state index contributed by atoms with van der Waals surface area (Å²) >= 11 is 1.41. The third-order valence-electron chi connectivity index (χ3n) is 2.49. The summed E-state index contributed by atoms with van der Waals surface area (Å²) in [5, 5.41) is 11.4. The first kappa shape index (κ1) is 12.0. The molecule has 0 aliphatic rings. The van der Waals surface area contributed by atoms with E-state index in [0.29, 0.717) is 5.16 Å². The summed E-state index contributed by atoms with van der Waals surface area (Å²) in [6, 6.07) is 0. The van der Waals surface area contributed by atoms with Crippen LogP contribution >= 0.6 is 11.8 Å². The molecule has 0 atom stereocenters. The van der Waals surface area contributed by atoms with Crippen molar-refractivity contribution in [2.24, 2.45) is 0 Å². The summed E-state index contributed by atoms with van der Waals surface area (Å²) in [4.78, 5) is 13.0. The molecule has 3 aromatic rings. The van der Waals surface area contributed by atoms with E-state index in [1.807, 2.05) is 16.8 Å². The second-order valence-corrected chi connectivity index (χ2v) is 4.89. The summed E-state index contributed by atoms with van der Waals surface area (Å²) in [6.07, 6.45) is 8.12. The van der Waals surface area contributed by atoms with Crippen molar-refractivity contribution in [2.45, 2.75) is 23.5 Å². The van der Waals surface area contributed by atoms with Crippen LogP contribution in [0.25, 0.3) is 5.65 Å². The minimum Gasteiger partial charge on any atom is -0.369 e. The molecule has 98 valence electrons. The number of imidazole rings is 1. The molecule has 7 nitrogen and oxygen atoms in total. The molecule has 0 aromatic carbocycles. The maximum absolute atomic E-state index is 4.57. The van der Waals surface area contributed by atoms with E-state index >= 15 is 0 Å². The third kappa shape index (κ3) is 2.53. The van der Waals surface area contributed by atoms with Gasteiger partial charge in [0.05, 0.1) is 6.20 Å². The molecule has 0 fully saturated rings. The molecule has 0 aliphatic heterocycles. The Labute approximate surface area is 113 Å². The number of hydrogen-bond acceptors (Lipinski definition) is 6. The summed E-state index contributed by atoms with van der Waals surface area (Å²) in [7, 11) is 0. The molecule has 8 heteroatoms. The Morgan fingerprint density at radius 2 is 2.37 bits per heavy atom. The van der Waals surface area contributed by atoms with Crippen molar-refractivity contribution in [3.05, 3.63) is 24.9 Å². The predicted molar refractivity (Wildman–Crippen MR) is 72.3 cm³/mol. The first-order valence-corrected chi connectivity index (χ1v) is 6.79. The smallest absolute Gasteiger partial charge is 0.189 e. The monoisotopic (exact) mass is 275 g/mol. The second-order valence-electron chi connectivity index (χ2n) is 3.91. The van der Waals surface area contributed by atoms with Crippen LogP contribution in [0.2, 0.25) is 0 Å². The van der Waals surface area contributed by atoms with Gasteiger partial charge in [0.15, 0.2) is 10.8 Å². The molecule has 0 amide bonds. The first-order valence-electron chi connectivity index (χ1n) is 5.97. The van der Waals surface area contributed by atoms with E-state index in [-0.39, 0.29) is 0 Å². The van der Waals surface area contributed by atoms with Crippen molar-refractivity contribution < 1.29 is 0 Å². The van der Waals surface area contributed by atoms with Gasteiger partial charge < -0.3 is 9.72 Å². The Balaban J connectivity index is 1.97. The first-order chi connectivity index (χ1) is 9.36. The highest BCUT2D eigenvalue weighted by Crippen LogP contribution is 2.26. The van der Waals surface area contributed by atoms with Crippen LogP contribution in [0.4, 0.5) is 5.82 Å². The lowest BCUT2D eigenvalue weighted by atomic mass is 10.5. The quantitative estimate of drug-likeness (QED) is 0.739. The SMILES string of the molecule is CCCNc1cn2ccnc2c(Sc2ncn[nH]2)n1. The Bertz CT molecular complexity index is 661. The topological polar surface area (TPSA) is 83.8 Å². The zero-order valence-electron chi connectivity index (χ0n) is 10.4. The lowest BCUT2D eigenvalue weighted by Crippen LogP contribution is -2.04. The number of anilines is 1. The highest BCUT2D eigenvalue weighted by atomic mass is 32.2. The highest BCUT2D eigenvalue weighted by molar-refractivity contribution is 7.99. The van der Waals surface area contributed by atoms with Crippen LogP contribution in [-0.2, 0) is 0 Å². The van der Waals surface area contributed by atoms with Crippen LogP contribution in [0.3, 0.4) is 0 Å². The van der Waals surface area contributed by atoms with Gasteiger partial charge in [0.25, 0.3) is 0 Å². The van der Waals surface area contributed by atoms with E-state index in [1.54, 1.807) is 6.20 Å². The summed E-state index contributed by atoms with van der Waals surface area (Å²) in [5.74, 6) is 0.828. The Kier molecular flexibility index (Phi) is 3.32. The van der Waals surface area contributed by atoms with E-state index in [0.717, 1.165) is 29.5 Å². The largest absolute Gasteiger partial charge is 0.369 e. The Morgan fingerprint density at radius 1 is 1.42 bits per heavy atom. The van der Waals surface area contributed by atoms with E-state index in [9.17, 15) is 0 Å². The Hall–Kier alpha value is -2.09. The summed E-state index contributed by atoms with van der Waals surface area (Å²) < 4.78 is 1.95. The van der Waals surface area contributed by atoms with Gasteiger partial charge in [-0.2, -0.15) is 5.10 Å². The van der Waals surface area contributed by atoms with Crippen molar-refractivity contribution in [3.8, 4) is 0 Å². The molecule has 0 saturated carbocycles. The Morgan fingerprint density at radius 3 is 3.16 bits per heavy atom. The molecule has 0 saturated heterocycles. The molecule has 0 spiro atoms. The van der Waals surface area contributed by atoms with Crippen LogP contribution in [0, 0.1) is 0 Å². The van der Waals surface area contributed by atoms with Crippen molar-refractivity contribution in [2.75, 3.05) is 11.9 Å². The van der Waals surface area contributed by atoms with Crippen molar-refractivity contribution >= 4 is 23.2 Å². The molecule has 0 bridgehead atoms. The van der Waals surface area contributed by atoms with Crippen LogP contribution in [0.15, 0.2) is 35.1 Å². The number of nitrogens with one attached hydrogen (secondary N) is 2. The molecular weight excluding hydrogens is 262 g/mol. The molecule has 3 heterocycles. The van der Waals surface area contributed by atoms with Gasteiger partial charge in [-0.1, -0.05) is 6.92 Å². The average Bonchev–Trinajstić information content (AvgIpc) is 3.06. The molecule has 19 heavy (non-hydrogen) atoms. The fraction of sp³-hybridized carbons (Fsp3) is 0.273. The standard InChI is InChI=1S/C11H13N7S/c1-2-3-12-8-6-18-5-4-13-9(18)10(16-8)19-11-14-7-15-17-11/h4-7,12H,2-3H2,1H3,(H,14,15,17). The van der Waals surface area contributed by atoms with Gasteiger partial charge in [0, 0.05) is 18.9 Å². The van der Waals surface area contributed by atoms with Crippen LogP contribution in [-0.4, -0.2) is 36.1 Å². The van der Waals surface area contributed by atoms with Crippen molar-refractivity contribution in [1.82, 2.24) is 29.5 Å². The van der Waals surface area contributed by atoms with Gasteiger partial charge >= 0.3 is 0 Å². The van der Waals surface area contributed by atoms with Gasteiger partial charge in [0.2, 0.25) is 0 Å². The van der Waals surface area contributed by atoms with Crippen molar-refractivity contribution in [1.29, 1.82) is 0 Å². The van der Waals surface area contributed by atoms with E-state index < -0.39 is 0 Å². The summed E-state index contributed by atoms with van der Waals surface area (Å²) in [5.41, 5.74) is 0.809. The fourth-order valence-corrected chi connectivity index (χ4v) is 2.42.